The van der Waals surface area contributed by atoms with Crippen LogP contribution in [0.15, 0.2) is 24.3 Å². The summed E-state index contributed by atoms with van der Waals surface area (Å²) in [6, 6.07) is 7.14. The number of para-hydroxylation sites is 1. The normalized spacial score (nSPS) is 18.2. The van der Waals surface area contributed by atoms with Crippen LogP contribution in [0, 0.1) is 0 Å². The van der Waals surface area contributed by atoms with Crippen LogP contribution in [0.1, 0.15) is 40.2 Å². The van der Waals surface area contributed by atoms with E-state index in [-0.39, 0.29) is 6.04 Å². The van der Waals surface area contributed by atoms with Gasteiger partial charge in [0.1, 0.15) is 17.5 Å². The third-order valence-corrected chi connectivity index (χ3v) is 5.91. The number of nitrogens with one attached hydrogen (secondary N) is 2. The first kappa shape index (κ1) is 16.2. The van der Waals surface area contributed by atoms with Crippen molar-refractivity contribution in [3.63, 3.8) is 0 Å². The minimum absolute atomic E-state index is 0.252. The van der Waals surface area contributed by atoms with Gasteiger partial charge in [0.05, 0.1) is 22.0 Å². The molecule has 1 aromatic carbocycles. The van der Waals surface area contributed by atoms with Gasteiger partial charge in [-0.1, -0.05) is 13.0 Å². The summed E-state index contributed by atoms with van der Waals surface area (Å²) >= 11 is 1.56. The van der Waals surface area contributed by atoms with Gasteiger partial charge in [-0.3, -0.25) is 4.79 Å². The SMILES string of the molecule is CCC(F)C1NCCc2cc(-c3nc4c(C(N)=O)cccc4[nH]3)sc21. The van der Waals surface area contributed by atoms with E-state index < -0.39 is 12.1 Å². The molecule has 0 bridgehead atoms. The fourth-order valence-corrected chi connectivity index (χ4v) is 4.63. The van der Waals surface area contributed by atoms with Gasteiger partial charge in [-0.2, -0.15) is 0 Å². The van der Waals surface area contributed by atoms with Crippen LogP contribution in [0.4, 0.5) is 4.39 Å². The van der Waals surface area contributed by atoms with Gasteiger partial charge in [-0.05, 0) is 43.1 Å². The summed E-state index contributed by atoms with van der Waals surface area (Å²) in [5, 5.41) is 3.29. The van der Waals surface area contributed by atoms with Gasteiger partial charge in [0, 0.05) is 4.88 Å². The van der Waals surface area contributed by atoms with E-state index in [1.807, 2.05) is 13.0 Å². The second-order valence-electron chi connectivity index (χ2n) is 6.26. The zero-order chi connectivity index (χ0) is 17.6. The Bertz CT molecular complexity index is 948. The Morgan fingerprint density at radius 3 is 3.12 bits per heavy atom. The second kappa shape index (κ2) is 6.24. The average Bonchev–Trinajstić information content (AvgIpc) is 3.23. The Hall–Kier alpha value is -2.25. The average molecular weight is 358 g/mol. The standard InChI is InChI=1S/C18H19FN4OS/c1-2-11(19)15-16-9(6-7-21-15)8-13(25-16)18-22-12-5-3-4-10(17(20)24)14(12)23-18/h3-5,8,11,15,21H,2,6-7H2,1H3,(H2,20,24)(H,22,23). The van der Waals surface area contributed by atoms with Crippen molar-refractivity contribution in [3.8, 4) is 10.7 Å². The zero-order valence-corrected chi connectivity index (χ0v) is 14.6. The zero-order valence-electron chi connectivity index (χ0n) is 13.8. The van der Waals surface area contributed by atoms with E-state index in [1.54, 1.807) is 23.5 Å². The van der Waals surface area contributed by atoms with Crippen molar-refractivity contribution in [1.82, 2.24) is 15.3 Å². The second-order valence-corrected chi connectivity index (χ2v) is 7.34. The largest absolute Gasteiger partial charge is 0.366 e. The van der Waals surface area contributed by atoms with Gasteiger partial charge in [0.2, 0.25) is 0 Å². The van der Waals surface area contributed by atoms with Gasteiger partial charge in [0.25, 0.3) is 5.91 Å². The van der Waals surface area contributed by atoms with Gasteiger partial charge in [-0.25, -0.2) is 9.37 Å². The number of nitrogens with two attached hydrogens (primary N) is 1. The number of H-pyrrole nitrogens is 1. The van der Waals surface area contributed by atoms with Crippen molar-refractivity contribution < 1.29 is 9.18 Å². The molecule has 0 radical (unpaired) electrons. The molecule has 1 aliphatic rings. The van der Waals surface area contributed by atoms with E-state index in [1.165, 1.54) is 5.56 Å². The highest BCUT2D eigenvalue weighted by atomic mass is 32.1. The Morgan fingerprint density at radius 2 is 2.36 bits per heavy atom. The lowest BCUT2D eigenvalue weighted by Gasteiger charge is -2.26. The van der Waals surface area contributed by atoms with Crippen LogP contribution < -0.4 is 11.1 Å². The Balaban J connectivity index is 1.79. The van der Waals surface area contributed by atoms with Gasteiger partial charge < -0.3 is 16.0 Å². The van der Waals surface area contributed by atoms with E-state index in [9.17, 15) is 9.18 Å². The maximum atomic E-state index is 14.3. The molecule has 0 saturated heterocycles. The highest BCUT2D eigenvalue weighted by molar-refractivity contribution is 7.15. The van der Waals surface area contributed by atoms with Gasteiger partial charge in [0.15, 0.2) is 0 Å². The fourth-order valence-electron chi connectivity index (χ4n) is 3.35. The van der Waals surface area contributed by atoms with Gasteiger partial charge >= 0.3 is 0 Å². The molecule has 4 rings (SSSR count). The summed E-state index contributed by atoms with van der Waals surface area (Å²) < 4.78 is 14.3. The Morgan fingerprint density at radius 1 is 1.52 bits per heavy atom. The monoisotopic (exact) mass is 358 g/mol. The summed E-state index contributed by atoms with van der Waals surface area (Å²) in [4.78, 5) is 21.4. The lowest BCUT2D eigenvalue weighted by atomic mass is 9.99. The summed E-state index contributed by atoms with van der Waals surface area (Å²) in [5.41, 5.74) is 8.35. The highest BCUT2D eigenvalue weighted by Gasteiger charge is 2.29. The molecule has 2 atom stereocenters. The van der Waals surface area contributed by atoms with Crippen LogP contribution in [0.5, 0.6) is 0 Å². The molecule has 0 saturated carbocycles. The predicted molar refractivity (Wildman–Crippen MR) is 97.6 cm³/mol. The van der Waals surface area contributed by atoms with Crippen LogP contribution in [0.2, 0.25) is 0 Å². The minimum atomic E-state index is -0.900. The molecule has 0 fully saturated rings. The molecule has 7 heteroatoms. The van der Waals surface area contributed by atoms with Crippen molar-refractivity contribution in [3.05, 3.63) is 40.3 Å². The summed E-state index contributed by atoms with van der Waals surface area (Å²) in [6.45, 7) is 2.64. The molecular weight excluding hydrogens is 339 g/mol. The van der Waals surface area contributed by atoms with Crippen LogP contribution in [0.3, 0.4) is 0 Å². The quantitative estimate of drug-likeness (QED) is 0.669. The summed E-state index contributed by atoms with van der Waals surface area (Å²) in [5.74, 6) is 0.190. The van der Waals surface area contributed by atoms with Crippen molar-refractivity contribution in [2.45, 2.75) is 32.0 Å². The Kier molecular flexibility index (Phi) is 4.05. The first-order valence-corrected chi connectivity index (χ1v) is 9.19. The molecule has 4 N–H and O–H groups in total. The van der Waals surface area contributed by atoms with Crippen molar-refractivity contribution in [2.75, 3.05) is 6.54 Å². The minimum Gasteiger partial charge on any atom is -0.366 e. The van der Waals surface area contributed by atoms with Crippen LogP contribution in [-0.2, 0) is 6.42 Å². The number of alkyl halides is 1. The molecule has 130 valence electrons. The van der Waals surface area contributed by atoms with Crippen molar-refractivity contribution in [1.29, 1.82) is 0 Å². The van der Waals surface area contributed by atoms with E-state index in [0.29, 0.717) is 23.3 Å². The van der Waals surface area contributed by atoms with E-state index in [4.69, 9.17) is 5.73 Å². The van der Waals surface area contributed by atoms with Crippen molar-refractivity contribution in [2.24, 2.45) is 5.73 Å². The molecule has 3 aromatic rings. The summed E-state index contributed by atoms with van der Waals surface area (Å²) in [6.07, 6.45) is 0.463. The predicted octanol–water partition coefficient (Wildman–Crippen LogP) is 3.33. The number of thiophene rings is 1. The van der Waals surface area contributed by atoms with Crippen LogP contribution in [0.25, 0.3) is 21.7 Å². The molecule has 2 unspecified atom stereocenters. The highest BCUT2D eigenvalue weighted by Crippen LogP contribution is 2.39. The number of hydrogen-bond donors (Lipinski definition) is 3. The van der Waals surface area contributed by atoms with Crippen LogP contribution >= 0.6 is 11.3 Å². The molecule has 2 aromatic heterocycles. The van der Waals surface area contributed by atoms with Crippen LogP contribution in [-0.4, -0.2) is 28.6 Å². The lowest BCUT2D eigenvalue weighted by Crippen LogP contribution is -2.34. The number of nitrogens with zero attached hydrogens (tertiary/aromatic N) is 1. The maximum Gasteiger partial charge on any atom is 0.250 e. The lowest BCUT2D eigenvalue weighted by molar-refractivity contribution is 0.100. The number of primary amides is 1. The first-order valence-electron chi connectivity index (χ1n) is 8.37. The number of carbonyl (C=O) groups excluding carboxylic acids is 1. The number of imidazole rings is 1. The first-order chi connectivity index (χ1) is 12.1. The number of hydrogen-bond acceptors (Lipinski definition) is 4. The number of amides is 1. The number of fused-ring (bicyclic) bond motifs is 2. The maximum absolute atomic E-state index is 14.3. The molecule has 1 aliphatic heterocycles. The van der Waals surface area contributed by atoms with E-state index >= 15 is 0 Å². The molecule has 25 heavy (non-hydrogen) atoms. The number of aromatic amines is 1. The number of carbonyl (C=O) groups is 1. The number of aromatic nitrogens is 2. The summed E-state index contributed by atoms with van der Waals surface area (Å²) in [7, 11) is 0. The fraction of sp³-hybridized carbons (Fsp3) is 0.333. The van der Waals surface area contributed by atoms with Gasteiger partial charge in [-0.15, -0.1) is 11.3 Å². The number of benzene rings is 1. The molecule has 0 spiro atoms. The molecule has 5 nitrogen and oxygen atoms in total. The third-order valence-electron chi connectivity index (χ3n) is 4.65. The molecule has 0 aliphatic carbocycles. The van der Waals surface area contributed by atoms with E-state index in [0.717, 1.165) is 28.2 Å². The molecule has 3 heterocycles. The number of rotatable bonds is 4. The molecular formula is C18H19FN4OS. The number of halogens is 1. The third kappa shape index (κ3) is 2.73. The smallest absolute Gasteiger partial charge is 0.250 e. The van der Waals surface area contributed by atoms with Crippen molar-refractivity contribution >= 4 is 28.3 Å². The molecule has 1 amide bonds. The van der Waals surface area contributed by atoms with E-state index in [2.05, 4.69) is 21.4 Å². The topological polar surface area (TPSA) is 83.8 Å². The Labute approximate surface area is 148 Å².